The summed E-state index contributed by atoms with van der Waals surface area (Å²) in [5.41, 5.74) is 0. The largest absolute Gasteiger partial charge is 0.159 e. The predicted octanol–water partition coefficient (Wildman–Crippen LogP) is 8.00. The van der Waals surface area contributed by atoms with Crippen LogP contribution in [0.2, 0.25) is 0 Å². The van der Waals surface area contributed by atoms with Crippen LogP contribution < -0.4 is 0 Å². The molecule has 0 aliphatic rings. The molecule has 128 valence electrons. The Morgan fingerprint density at radius 2 is 0.905 bits per heavy atom. The van der Waals surface area contributed by atoms with Crippen LogP contribution in [0.3, 0.4) is 0 Å². The molecule has 0 aromatic rings. The van der Waals surface area contributed by atoms with Crippen molar-refractivity contribution in [3.63, 3.8) is 0 Å². The molecule has 0 spiro atoms. The number of hydrogen-bond donors (Lipinski definition) is 0. The van der Waals surface area contributed by atoms with Gasteiger partial charge >= 0.3 is 0 Å². The maximum Gasteiger partial charge on any atom is 0.00469 e. The Hall–Kier alpha value is 0.350. The van der Waals surface area contributed by atoms with Gasteiger partial charge in [0.15, 0.2) is 0 Å². The van der Waals surface area contributed by atoms with Crippen LogP contribution in [0.1, 0.15) is 117 Å². The van der Waals surface area contributed by atoms with E-state index in [-0.39, 0.29) is 0 Å². The van der Waals surface area contributed by atoms with E-state index in [4.69, 9.17) is 0 Å². The van der Waals surface area contributed by atoms with E-state index in [0.717, 1.165) is 5.25 Å². The van der Waals surface area contributed by atoms with Gasteiger partial charge in [0, 0.05) is 5.25 Å². The summed E-state index contributed by atoms with van der Waals surface area (Å²) in [4.78, 5) is 0. The van der Waals surface area contributed by atoms with Gasteiger partial charge in [-0.25, -0.2) is 0 Å². The fourth-order valence-corrected chi connectivity index (χ4v) is 4.17. The monoisotopic (exact) mass is 314 g/mol. The molecule has 0 radical (unpaired) electrons. The first-order valence-electron chi connectivity index (χ1n) is 9.96. The molecule has 1 atom stereocenters. The van der Waals surface area contributed by atoms with Crippen molar-refractivity contribution >= 4 is 11.8 Å². The van der Waals surface area contributed by atoms with E-state index in [0.29, 0.717) is 0 Å². The lowest BCUT2D eigenvalue weighted by molar-refractivity contribution is 0.538. The van der Waals surface area contributed by atoms with E-state index >= 15 is 0 Å². The van der Waals surface area contributed by atoms with Crippen LogP contribution in [-0.4, -0.2) is 11.0 Å². The van der Waals surface area contributed by atoms with Crippen molar-refractivity contribution in [1.29, 1.82) is 0 Å². The van der Waals surface area contributed by atoms with Gasteiger partial charge in [-0.3, -0.25) is 0 Å². The molecule has 0 heterocycles. The number of thioether (sulfide) groups is 1. The minimum Gasteiger partial charge on any atom is -0.159 e. The minimum atomic E-state index is 0.955. The van der Waals surface area contributed by atoms with E-state index in [1.54, 1.807) is 0 Å². The molecule has 0 N–H and O–H groups in total. The molecular weight excluding hydrogens is 272 g/mol. The summed E-state index contributed by atoms with van der Waals surface area (Å²) < 4.78 is 0. The average molecular weight is 315 g/mol. The Morgan fingerprint density at radius 1 is 0.524 bits per heavy atom. The lowest BCUT2D eigenvalue weighted by Gasteiger charge is -2.15. The molecule has 0 nitrogen and oxygen atoms in total. The van der Waals surface area contributed by atoms with Gasteiger partial charge in [-0.05, 0) is 18.6 Å². The van der Waals surface area contributed by atoms with Gasteiger partial charge in [-0.1, -0.05) is 104 Å². The first-order chi connectivity index (χ1) is 10.3. The van der Waals surface area contributed by atoms with Crippen LogP contribution in [0.4, 0.5) is 0 Å². The maximum atomic E-state index is 2.32. The summed E-state index contributed by atoms with van der Waals surface area (Å²) in [6.45, 7) is 6.93. The number of hydrogen-bond acceptors (Lipinski definition) is 1. The fraction of sp³-hybridized carbons (Fsp3) is 1.00. The zero-order valence-corrected chi connectivity index (χ0v) is 16.1. The second-order valence-electron chi connectivity index (χ2n) is 6.54. The van der Waals surface area contributed by atoms with Crippen molar-refractivity contribution in [2.75, 3.05) is 5.75 Å². The Labute approximate surface area is 140 Å². The van der Waals surface area contributed by atoms with Crippen molar-refractivity contribution in [3.8, 4) is 0 Å². The molecule has 0 fully saturated rings. The van der Waals surface area contributed by atoms with E-state index in [1.807, 2.05) is 0 Å². The molecule has 0 saturated heterocycles. The van der Waals surface area contributed by atoms with E-state index in [9.17, 15) is 0 Å². The smallest absolute Gasteiger partial charge is 0.00469 e. The van der Waals surface area contributed by atoms with Crippen LogP contribution >= 0.6 is 11.8 Å². The molecule has 0 bridgehead atoms. The topological polar surface area (TPSA) is 0 Å². The van der Waals surface area contributed by atoms with Gasteiger partial charge < -0.3 is 0 Å². The molecule has 0 amide bonds. The van der Waals surface area contributed by atoms with Crippen LogP contribution in [0, 0.1) is 0 Å². The summed E-state index contributed by atoms with van der Waals surface area (Å²) in [5, 5.41) is 0.955. The van der Waals surface area contributed by atoms with Gasteiger partial charge in [0.1, 0.15) is 0 Å². The Kier molecular flexibility index (Phi) is 18.7. The number of unbranched alkanes of at least 4 members (excludes halogenated alkanes) is 11. The zero-order chi connectivity index (χ0) is 15.6. The van der Waals surface area contributed by atoms with Crippen LogP contribution in [0.5, 0.6) is 0 Å². The first kappa shape index (κ1) is 21.4. The summed E-state index contributed by atoms with van der Waals surface area (Å²) in [6, 6.07) is 0. The molecule has 0 aliphatic carbocycles. The van der Waals surface area contributed by atoms with Crippen molar-refractivity contribution in [1.82, 2.24) is 0 Å². The Morgan fingerprint density at radius 3 is 1.29 bits per heavy atom. The molecule has 0 aromatic carbocycles. The van der Waals surface area contributed by atoms with Gasteiger partial charge in [0.25, 0.3) is 0 Å². The molecular formula is C20H42S. The van der Waals surface area contributed by atoms with Crippen molar-refractivity contribution in [3.05, 3.63) is 0 Å². The van der Waals surface area contributed by atoms with Gasteiger partial charge in [-0.15, -0.1) is 0 Å². The van der Waals surface area contributed by atoms with Gasteiger partial charge in [0.05, 0.1) is 0 Å². The van der Waals surface area contributed by atoms with Crippen LogP contribution in [0.15, 0.2) is 0 Å². The lowest BCUT2D eigenvalue weighted by Crippen LogP contribution is -2.03. The Balaban J connectivity index is 3.44. The highest BCUT2D eigenvalue weighted by Crippen LogP contribution is 2.24. The number of rotatable bonds is 17. The average Bonchev–Trinajstić information content (AvgIpc) is 2.49. The molecule has 1 heteroatoms. The second-order valence-corrected chi connectivity index (χ2v) is 8.12. The Bertz CT molecular complexity index is 179. The molecule has 0 aliphatic heterocycles. The zero-order valence-electron chi connectivity index (χ0n) is 15.3. The van der Waals surface area contributed by atoms with Crippen molar-refractivity contribution < 1.29 is 0 Å². The van der Waals surface area contributed by atoms with E-state index < -0.39 is 0 Å². The summed E-state index contributed by atoms with van der Waals surface area (Å²) >= 11 is 2.22. The highest BCUT2D eigenvalue weighted by molar-refractivity contribution is 7.99. The molecule has 0 rings (SSSR count). The van der Waals surface area contributed by atoms with Crippen molar-refractivity contribution in [2.24, 2.45) is 0 Å². The maximum absolute atomic E-state index is 2.32. The van der Waals surface area contributed by atoms with Crippen LogP contribution in [-0.2, 0) is 0 Å². The standard InChI is InChI=1S/C20H42S/c1-4-7-9-11-13-15-17-19-20(21-6-3)18-16-14-12-10-8-5-2/h20H,4-19H2,1-3H3. The summed E-state index contributed by atoms with van der Waals surface area (Å²) in [6.07, 6.45) is 21.8. The first-order valence-corrected chi connectivity index (χ1v) is 11.0. The summed E-state index contributed by atoms with van der Waals surface area (Å²) in [5.74, 6) is 1.30. The third-order valence-corrected chi connectivity index (χ3v) is 5.69. The molecule has 21 heavy (non-hydrogen) atoms. The third-order valence-electron chi connectivity index (χ3n) is 4.41. The van der Waals surface area contributed by atoms with Gasteiger partial charge in [0.2, 0.25) is 0 Å². The molecule has 0 aromatic heterocycles. The highest BCUT2D eigenvalue weighted by atomic mass is 32.2. The van der Waals surface area contributed by atoms with E-state index in [2.05, 4.69) is 32.5 Å². The third kappa shape index (κ3) is 16.5. The summed E-state index contributed by atoms with van der Waals surface area (Å²) in [7, 11) is 0. The lowest BCUT2D eigenvalue weighted by atomic mass is 10.0. The SMILES string of the molecule is CCCCCCCCCC(CCCCCCCC)SCC. The fourth-order valence-electron chi connectivity index (χ4n) is 3.03. The van der Waals surface area contributed by atoms with Crippen molar-refractivity contribution in [2.45, 2.75) is 122 Å². The van der Waals surface area contributed by atoms with Gasteiger partial charge in [-0.2, -0.15) is 11.8 Å². The second kappa shape index (κ2) is 18.4. The quantitative estimate of drug-likeness (QED) is 0.245. The van der Waals surface area contributed by atoms with Crippen LogP contribution in [0.25, 0.3) is 0 Å². The molecule has 1 unspecified atom stereocenters. The minimum absolute atomic E-state index is 0.955. The van der Waals surface area contributed by atoms with E-state index in [1.165, 1.54) is 102 Å². The normalized spacial score (nSPS) is 12.7. The molecule has 0 saturated carbocycles. The predicted molar refractivity (Wildman–Crippen MR) is 103 cm³/mol. The highest BCUT2D eigenvalue weighted by Gasteiger charge is 2.07.